The SMILES string of the molecule is [Br-].[Br-].[SiH2]=[Zr+2].c1cc[cH-]c1.c1ccc(-c2ccc[c-]2-c2ccccc2)cc1. The molecule has 0 fully saturated rings. The molecule has 0 aliphatic carbocycles. The van der Waals surface area contributed by atoms with Crippen LogP contribution in [0.15, 0.2) is 109 Å². The molecule has 0 aliphatic heterocycles. The molecular weight excluding hydrogens is 543 g/mol. The Hall–Kier alpha value is -0.800. The molecule has 4 heteroatoms. The van der Waals surface area contributed by atoms with Crippen LogP contribution in [0.1, 0.15) is 0 Å². The molecular formula is C22H20Br2SiZr-2. The van der Waals surface area contributed by atoms with Crippen molar-refractivity contribution >= 4 is 6.88 Å². The Kier molecular flexibility index (Phi) is 14.8. The molecule has 4 aromatic carbocycles. The summed E-state index contributed by atoms with van der Waals surface area (Å²) in [6.45, 7) is 1.95. The second kappa shape index (κ2) is 15.3. The first-order valence-electron chi connectivity index (χ1n) is 7.84. The average Bonchev–Trinajstić information content (AvgIpc) is 3.39. The van der Waals surface area contributed by atoms with Gasteiger partial charge in [0.15, 0.2) is 0 Å². The van der Waals surface area contributed by atoms with Gasteiger partial charge in [0.05, 0.1) is 0 Å². The molecule has 0 nitrogen and oxygen atoms in total. The average molecular weight is 564 g/mol. The summed E-state index contributed by atoms with van der Waals surface area (Å²) in [5.74, 6) is 0. The molecule has 0 heterocycles. The molecule has 0 atom stereocenters. The van der Waals surface area contributed by atoms with E-state index in [2.05, 4.69) is 78.9 Å². The van der Waals surface area contributed by atoms with E-state index in [0.29, 0.717) is 0 Å². The van der Waals surface area contributed by atoms with Gasteiger partial charge in [-0.25, -0.2) is 12.1 Å². The predicted molar refractivity (Wildman–Crippen MR) is 103 cm³/mol. The molecule has 132 valence electrons. The molecule has 0 saturated carbocycles. The Bertz CT molecular complexity index is 725. The Labute approximate surface area is 194 Å². The third-order valence-corrected chi connectivity index (χ3v) is 3.54. The van der Waals surface area contributed by atoms with Gasteiger partial charge in [0.25, 0.3) is 0 Å². The zero-order valence-electron chi connectivity index (χ0n) is 14.4. The minimum Gasteiger partial charge on any atom is -0.214 e. The van der Waals surface area contributed by atoms with Gasteiger partial charge in [0.2, 0.25) is 0 Å². The standard InChI is InChI=1S/C17H13.C5H5.2BrH.H2Si.Zr/c1-3-8-14(9-4-1)16-12-7-13-17(16)15-10-5-2-6-11-15;1-2-4-5-3-1;;;;/h1-13H;1-5H;2*1H;1H2;/q2*-1;;;;+2/p-2. The van der Waals surface area contributed by atoms with Gasteiger partial charge >= 0.3 is 30.2 Å². The van der Waals surface area contributed by atoms with E-state index in [9.17, 15) is 0 Å². The Balaban J connectivity index is 0.000000598. The summed E-state index contributed by atoms with van der Waals surface area (Å²) in [4.78, 5) is 0. The molecule has 0 aliphatic rings. The second-order valence-electron chi connectivity index (χ2n) is 5.05. The van der Waals surface area contributed by atoms with Gasteiger partial charge in [-0.2, -0.15) is 18.2 Å². The fraction of sp³-hybridized carbons (Fsp3) is 0. The maximum atomic E-state index is 2.18. The Morgan fingerprint density at radius 3 is 1.69 bits per heavy atom. The van der Waals surface area contributed by atoms with Crippen LogP contribution in [0.5, 0.6) is 0 Å². The van der Waals surface area contributed by atoms with Gasteiger partial charge in [0, 0.05) is 0 Å². The van der Waals surface area contributed by atoms with E-state index in [-0.39, 0.29) is 34.0 Å². The summed E-state index contributed by atoms with van der Waals surface area (Å²) in [6.07, 6.45) is 0. The van der Waals surface area contributed by atoms with Crippen LogP contribution in [0.4, 0.5) is 0 Å². The Morgan fingerprint density at radius 2 is 1.19 bits per heavy atom. The third kappa shape index (κ3) is 7.84. The summed E-state index contributed by atoms with van der Waals surface area (Å²) in [7, 11) is 0. The molecule has 26 heavy (non-hydrogen) atoms. The van der Waals surface area contributed by atoms with E-state index in [1.165, 1.54) is 22.3 Å². The van der Waals surface area contributed by atoms with Gasteiger partial charge < -0.3 is 34.0 Å². The number of rotatable bonds is 2. The van der Waals surface area contributed by atoms with Gasteiger partial charge in [-0.3, -0.25) is 0 Å². The van der Waals surface area contributed by atoms with Crippen LogP contribution >= 0.6 is 0 Å². The minimum atomic E-state index is 0. The molecule has 0 saturated heterocycles. The van der Waals surface area contributed by atoms with Crippen molar-refractivity contribution in [3.8, 4) is 22.3 Å². The van der Waals surface area contributed by atoms with Crippen molar-refractivity contribution in [2.75, 3.05) is 0 Å². The zero-order chi connectivity index (χ0) is 17.0. The normalized spacial score (nSPS) is 8.54. The summed E-state index contributed by atoms with van der Waals surface area (Å²) in [5.41, 5.74) is 5.15. The molecule has 0 aromatic heterocycles. The molecule has 0 N–H and O–H groups in total. The van der Waals surface area contributed by atoms with Crippen LogP contribution in [-0.4, -0.2) is 6.88 Å². The first-order valence-corrected chi connectivity index (χ1v) is 13.8. The monoisotopic (exact) mass is 560 g/mol. The van der Waals surface area contributed by atoms with Crippen LogP contribution in [0.3, 0.4) is 0 Å². The van der Waals surface area contributed by atoms with Gasteiger partial charge in [-0.1, -0.05) is 65.2 Å². The molecule has 0 amide bonds. The van der Waals surface area contributed by atoms with Crippen molar-refractivity contribution in [2.24, 2.45) is 0 Å². The molecule has 0 unspecified atom stereocenters. The first-order chi connectivity index (χ1) is 11.9. The maximum Gasteiger partial charge on any atom is -0.0633 e. The van der Waals surface area contributed by atoms with E-state index < -0.39 is 0 Å². The fourth-order valence-corrected chi connectivity index (χ4v) is 2.48. The van der Waals surface area contributed by atoms with E-state index in [0.717, 1.165) is 0 Å². The van der Waals surface area contributed by atoms with E-state index in [4.69, 9.17) is 0 Å². The minimum absolute atomic E-state index is 0. The number of halogens is 2. The van der Waals surface area contributed by atoms with Crippen LogP contribution in [0.2, 0.25) is 0 Å². The van der Waals surface area contributed by atoms with Crippen molar-refractivity contribution in [1.82, 2.24) is 0 Å². The summed E-state index contributed by atoms with van der Waals surface area (Å²) in [5, 5.41) is 0. The third-order valence-electron chi connectivity index (χ3n) is 3.54. The van der Waals surface area contributed by atoms with Crippen LogP contribution in [0, 0.1) is 0 Å². The quantitative estimate of drug-likeness (QED) is 0.222. The van der Waals surface area contributed by atoms with Crippen molar-refractivity contribution in [1.29, 1.82) is 0 Å². The van der Waals surface area contributed by atoms with Crippen molar-refractivity contribution in [3.05, 3.63) is 109 Å². The smallest absolute Gasteiger partial charge is 0.0633 e. The van der Waals surface area contributed by atoms with E-state index >= 15 is 0 Å². The van der Waals surface area contributed by atoms with Crippen LogP contribution in [-0.2, 0) is 23.3 Å². The molecule has 4 aromatic rings. The zero-order valence-corrected chi connectivity index (χ0v) is 21.4. The Morgan fingerprint density at radius 1 is 0.654 bits per heavy atom. The number of hydrogen-bond acceptors (Lipinski definition) is 0. The van der Waals surface area contributed by atoms with Gasteiger partial charge in [-0.05, 0) is 0 Å². The molecule has 4 rings (SSSR count). The van der Waals surface area contributed by atoms with E-state index in [1.54, 1.807) is 23.3 Å². The number of hydrogen-bond donors (Lipinski definition) is 0. The van der Waals surface area contributed by atoms with Gasteiger partial charge in [-0.15, -0.1) is 35.9 Å². The molecule has 0 spiro atoms. The van der Waals surface area contributed by atoms with Crippen LogP contribution < -0.4 is 34.0 Å². The number of benzene rings is 2. The summed E-state index contributed by atoms with van der Waals surface area (Å²) in [6, 6.07) is 37.5. The van der Waals surface area contributed by atoms with E-state index in [1.807, 2.05) is 37.2 Å². The van der Waals surface area contributed by atoms with Crippen molar-refractivity contribution in [2.45, 2.75) is 0 Å². The van der Waals surface area contributed by atoms with Crippen molar-refractivity contribution in [3.63, 3.8) is 0 Å². The maximum absolute atomic E-state index is 2.18. The molecule has 0 bridgehead atoms. The van der Waals surface area contributed by atoms with Crippen molar-refractivity contribution < 1.29 is 57.3 Å². The van der Waals surface area contributed by atoms with Crippen LogP contribution in [0.25, 0.3) is 22.3 Å². The summed E-state index contributed by atoms with van der Waals surface area (Å²) >= 11 is 1.58. The second-order valence-corrected chi connectivity index (χ2v) is 5.05. The predicted octanol–water partition coefficient (Wildman–Crippen LogP) is -0.766. The fourth-order valence-electron chi connectivity index (χ4n) is 2.48. The summed E-state index contributed by atoms with van der Waals surface area (Å²) < 4.78 is 0. The molecule has 0 radical (unpaired) electrons. The largest absolute Gasteiger partial charge is 0.214 e. The first kappa shape index (κ1) is 25.2. The van der Waals surface area contributed by atoms with Gasteiger partial charge in [0.1, 0.15) is 0 Å². The topological polar surface area (TPSA) is 0 Å².